The molecule has 0 spiro atoms. The van der Waals surface area contributed by atoms with Gasteiger partial charge >= 0.3 is 0 Å². The second kappa shape index (κ2) is 1.70. The van der Waals surface area contributed by atoms with Gasteiger partial charge in [0.15, 0.2) is 0 Å². The van der Waals surface area contributed by atoms with E-state index in [4.69, 9.17) is 0 Å². The van der Waals surface area contributed by atoms with Gasteiger partial charge in [0.25, 0.3) is 0 Å². The molecule has 2 fully saturated rings. The molecule has 0 aliphatic heterocycles. The molecule has 0 aromatic rings. The highest BCUT2D eigenvalue weighted by Crippen LogP contribution is 2.44. The fourth-order valence-electron chi connectivity index (χ4n) is 2.21. The Morgan fingerprint density at radius 3 is 1.44 bits per heavy atom. The monoisotopic (exact) mass is 128 g/mol. The van der Waals surface area contributed by atoms with Crippen molar-refractivity contribution in [2.24, 2.45) is 11.8 Å². The van der Waals surface area contributed by atoms with Gasteiger partial charge in [0, 0.05) is 0 Å². The standard InChI is InChI=1S/C7H12O2/c8-6-2-4-1-5(6)3-7(4)9/h4-9H,1-3H2/t4-,5-,6-,7+/m0/s1. The Kier molecular flexibility index (Phi) is 1.08. The normalized spacial score (nSPS) is 56.7. The predicted octanol–water partition coefficient (Wildman–Crippen LogP) is 0.138. The summed E-state index contributed by atoms with van der Waals surface area (Å²) in [6.07, 6.45) is 2.54. The Morgan fingerprint density at radius 2 is 1.22 bits per heavy atom. The smallest absolute Gasteiger partial charge is 0.0573 e. The SMILES string of the molecule is O[C@@H]1C[C@@H]2C[C@H]1C[C@@H]2O. The topological polar surface area (TPSA) is 40.5 Å². The molecule has 0 radical (unpaired) electrons. The zero-order valence-electron chi connectivity index (χ0n) is 5.33. The van der Waals surface area contributed by atoms with Gasteiger partial charge in [-0.1, -0.05) is 0 Å². The minimum Gasteiger partial charge on any atom is -0.393 e. The quantitative estimate of drug-likeness (QED) is 0.487. The van der Waals surface area contributed by atoms with E-state index in [1.807, 2.05) is 0 Å². The van der Waals surface area contributed by atoms with Crippen molar-refractivity contribution in [3.63, 3.8) is 0 Å². The maximum atomic E-state index is 9.23. The molecule has 0 saturated heterocycles. The average molecular weight is 128 g/mol. The summed E-state index contributed by atoms with van der Waals surface area (Å²) >= 11 is 0. The van der Waals surface area contributed by atoms with Crippen LogP contribution in [0.25, 0.3) is 0 Å². The minimum absolute atomic E-state index is 0.0987. The van der Waals surface area contributed by atoms with E-state index in [0.29, 0.717) is 11.8 Å². The minimum atomic E-state index is -0.0987. The fourth-order valence-corrected chi connectivity index (χ4v) is 2.21. The molecule has 2 saturated carbocycles. The molecule has 2 N–H and O–H groups in total. The summed E-state index contributed by atoms with van der Waals surface area (Å²) < 4.78 is 0. The van der Waals surface area contributed by atoms with Crippen LogP contribution in [0.3, 0.4) is 0 Å². The fraction of sp³-hybridized carbons (Fsp3) is 1.00. The molecule has 2 nitrogen and oxygen atoms in total. The van der Waals surface area contributed by atoms with Crippen LogP contribution < -0.4 is 0 Å². The lowest BCUT2D eigenvalue weighted by Crippen LogP contribution is -2.24. The summed E-state index contributed by atoms with van der Waals surface area (Å²) in [5.41, 5.74) is 0. The summed E-state index contributed by atoms with van der Waals surface area (Å²) in [6.45, 7) is 0. The van der Waals surface area contributed by atoms with Crippen molar-refractivity contribution in [3.8, 4) is 0 Å². The Labute approximate surface area is 54.5 Å². The molecule has 0 aromatic heterocycles. The third-order valence-corrected chi connectivity index (χ3v) is 2.78. The second-order valence-electron chi connectivity index (χ2n) is 3.36. The van der Waals surface area contributed by atoms with E-state index < -0.39 is 0 Å². The van der Waals surface area contributed by atoms with Crippen molar-refractivity contribution in [2.45, 2.75) is 31.5 Å². The van der Waals surface area contributed by atoms with Crippen molar-refractivity contribution < 1.29 is 10.2 Å². The molecular formula is C7H12O2. The van der Waals surface area contributed by atoms with Crippen LogP contribution in [0.4, 0.5) is 0 Å². The number of fused-ring (bicyclic) bond motifs is 2. The first-order valence-corrected chi connectivity index (χ1v) is 3.63. The summed E-state index contributed by atoms with van der Waals surface area (Å²) in [6, 6.07) is 0. The molecule has 2 bridgehead atoms. The molecule has 2 aliphatic rings. The van der Waals surface area contributed by atoms with Crippen molar-refractivity contribution in [1.29, 1.82) is 0 Å². The molecular weight excluding hydrogens is 116 g/mol. The van der Waals surface area contributed by atoms with Gasteiger partial charge < -0.3 is 10.2 Å². The Hall–Kier alpha value is -0.0800. The molecule has 0 aromatic carbocycles. The zero-order chi connectivity index (χ0) is 6.43. The highest BCUT2D eigenvalue weighted by Gasteiger charge is 2.44. The Balaban J connectivity index is 2.10. The molecule has 4 atom stereocenters. The lowest BCUT2D eigenvalue weighted by atomic mass is 9.95. The molecule has 0 unspecified atom stereocenters. The van der Waals surface area contributed by atoms with Gasteiger partial charge in [0.1, 0.15) is 0 Å². The Morgan fingerprint density at radius 1 is 0.778 bits per heavy atom. The van der Waals surface area contributed by atoms with Crippen molar-refractivity contribution in [2.75, 3.05) is 0 Å². The Bertz CT molecular complexity index is 106. The summed E-state index contributed by atoms with van der Waals surface area (Å²) in [4.78, 5) is 0. The van der Waals surface area contributed by atoms with E-state index in [1.54, 1.807) is 0 Å². The van der Waals surface area contributed by atoms with Gasteiger partial charge in [-0.25, -0.2) is 0 Å². The van der Waals surface area contributed by atoms with Gasteiger partial charge in [0.05, 0.1) is 12.2 Å². The number of hydrogen-bond donors (Lipinski definition) is 2. The van der Waals surface area contributed by atoms with E-state index in [-0.39, 0.29) is 12.2 Å². The zero-order valence-corrected chi connectivity index (χ0v) is 5.33. The number of aliphatic hydroxyl groups excluding tert-OH is 2. The maximum Gasteiger partial charge on any atom is 0.0573 e. The van der Waals surface area contributed by atoms with Crippen molar-refractivity contribution >= 4 is 0 Å². The van der Waals surface area contributed by atoms with Crippen LogP contribution in [0.2, 0.25) is 0 Å². The van der Waals surface area contributed by atoms with Crippen LogP contribution in [0, 0.1) is 11.8 Å². The second-order valence-corrected chi connectivity index (χ2v) is 3.36. The number of aliphatic hydroxyl groups is 2. The molecule has 2 heteroatoms. The first kappa shape index (κ1) is 5.69. The van der Waals surface area contributed by atoms with Crippen LogP contribution in [0.1, 0.15) is 19.3 Å². The largest absolute Gasteiger partial charge is 0.393 e. The van der Waals surface area contributed by atoms with Crippen LogP contribution in [-0.4, -0.2) is 22.4 Å². The molecule has 2 aliphatic carbocycles. The lowest BCUT2D eigenvalue weighted by molar-refractivity contribution is 0.0447. The molecule has 0 heterocycles. The average Bonchev–Trinajstić information content (AvgIpc) is 2.24. The van der Waals surface area contributed by atoms with E-state index in [1.165, 1.54) is 0 Å². The summed E-state index contributed by atoms with van der Waals surface area (Å²) in [5.74, 6) is 0.843. The molecule has 2 rings (SSSR count). The van der Waals surface area contributed by atoms with Gasteiger partial charge in [0.2, 0.25) is 0 Å². The van der Waals surface area contributed by atoms with Crippen LogP contribution in [0.15, 0.2) is 0 Å². The van der Waals surface area contributed by atoms with E-state index >= 15 is 0 Å². The van der Waals surface area contributed by atoms with Gasteiger partial charge in [-0.2, -0.15) is 0 Å². The lowest BCUT2D eigenvalue weighted by Gasteiger charge is -2.19. The van der Waals surface area contributed by atoms with E-state index in [9.17, 15) is 10.2 Å². The highest BCUT2D eigenvalue weighted by atomic mass is 16.3. The highest BCUT2D eigenvalue weighted by molar-refractivity contribution is 4.95. The number of hydrogen-bond acceptors (Lipinski definition) is 2. The third kappa shape index (κ3) is 0.700. The third-order valence-electron chi connectivity index (χ3n) is 2.78. The van der Waals surface area contributed by atoms with E-state index in [0.717, 1.165) is 19.3 Å². The van der Waals surface area contributed by atoms with Gasteiger partial charge in [-0.3, -0.25) is 0 Å². The van der Waals surface area contributed by atoms with Crippen molar-refractivity contribution in [3.05, 3.63) is 0 Å². The first-order chi connectivity index (χ1) is 4.27. The maximum absolute atomic E-state index is 9.23. The summed E-state index contributed by atoms with van der Waals surface area (Å²) in [5, 5.41) is 18.5. The van der Waals surface area contributed by atoms with Gasteiger partial charge in [-0.15, -0.1) is 0 Å². The van der Waals surface area contributed by atoms with Crippen LogP contribution in [-0.2, 0) is 0 Å². The molecule has 0 amide bonds. The van der Waals surface area contributed by atoms with Crippen LogP contribution in [0.5, 0.6) is 0 Å². The van der Waals surface area contributed by atoms with Crippen LogP contribution >= 0.6 is 0 Å². The first-order valence-electron chi connectivity index (χ1n) is 3.63. The van der Waals surface area contributed by atoms with Crippen molar-refractivity contribution in [1.82, 2.24) is 0 Å². The predicted molar refractivity (Wildman–Crippen MR) is 32.8 cm³/mol. The summed E-state index contributed by atoms with van der Waals surface area (Å²) in [7, 11) is 0. The molecule has 52 valence electrons. The van der Waals surface area contributed by atoms with E-state index in [2.05, 4.69) is 0 Å². The number of rotatable bonds is 0. The molecule has 9 heavy (non-hydrogen) atoms. The van der Waals surface area contributed by atoms with Gasteiger partial charge in [-0.05, 0) is 31.1 Å².